The van der Waals surface area contributed by atoms with Crippen LogP contribution >= 0.6 is 0 Å². The molecular weight excluding hydrogens is 262 g/mol. The molecule has 2 heterocycles. The van der Waals surface area contributed by atoms with Gasteiger partial charge in [-0.3, -0.25) is 0 Å². The molecule has 2 rings (SSSR count). The van der Waals surface area contributed by atoms with E-state index in [0.29, 0.717) is 0 Å². The highest BCUT2D eigenvalue weighted by Crippen LogP contribution is 2.34. The normalized spacial score (nSPS) is 27.6. The Balaban J connectivity index is 2.03. The highest BCUT2D eigenvalue weighted by atomic mass is 19.3. The monoisotopic (exact) mass is 288 g/mol. The highest BCUT2D eigenvalue weighted by molar-refractivity contribution is 5.75. The number of urea groups is 1. The Kier molecular flexibility index (Phi) is 4.26. The molecule has 0 aliphatic carbocycles. The first kappa shape index (κ1) is 15.5. The van der Waals surface area contributed by atoms with Gasteiger partial charge in [0.1, 0.15) is 0 Å². The van der Waals surface area contributed by atoms with E-state index in [1.165, 1.54) is 0 Å². The number of carbonyl (C=O) groups is 1. The molecule has 5 heteroatoms. The Bertz CT molecular complexity index is 355. The summed E-state index contributed by atoms with van der Waals surface area (Å²) in [5, 5.41) is 0. The van der Waals surface area contributed by atoms with Crippen LogP contribution in [0.4, 0.5) is 13.6 Å². The van der Waals surface area contributed by atoms with Crippen LogP contribution in [0, 0.1) is 5.41 Å². The van der Waals surface area contributed by atoms with Crippen LogP contribution in [0.15, 0.2) is 0 Å². The fourth-order valence-corrected chi connectivity index (χ4v) is 3.27. The second-order valence-electron chi connectivity index (χ2n) is 7.20. The largest absolute Gasteiger partial charge is 0.324 e. The maximum absolute atomic E-state index is 13.2. The quantitative estimate of drug-likeness (QED) is 0.666. The smallest absolute Gasteiger partial charge is 0.320 e. The molecule has 20 heavy (non-hydrogen) atoms. The van der Waals surface area contributed by atoms with Gasteiger partial charge in [-0.15, -0.1) is 0 Å². The van der Waals surface area contributed by atoms with Crippen molar-refractivity contribution in [1.29, 1.82) is 0 Å². The van der Waals surface area contributed by atoms with Gasteiger partial charge >= 0.3 is 6.03 Å². The van der Waals surface area contributed by atoms with E-state index in [1.807, 2.05) is 4.90 Å². The number of amides is 2. The molecule has 0 aromatic carbocycles. The van der Waals surface area contributed by atoms with Gasteiger partial charge in [-0.2, -0.15) is 0 Å². The van der Waals surface area contributed by atoms with Gasteiger partial charge < -0.3 is 9.80 Å². The zero-order chi connectivity index (χ0) is 15.0. The van der Waals surface area contributed by atoms with E-state index in [9.17, 15) is 13.6 Å². The number of hydrogen-bond acceptors (Lipinski definition) is 1. The number of nitrogens with zero attached hydrogens (tertiary/aromatic N) is 2. The lowest BCUT2D eigenvalue weighted by Gasteiger charge is -2.46. The lowest BCUT2D eigenvalue weighted by molar-refractivity contribution is -0.0517. The van der Waals surface area contributed by atoms with Crippen LogP contribution in [0.25, 0.3) is 0 Å². The molecule has 1 unspecified atom stereocenters. The van der Waals surface area contributed by atoms with E-state index in [2.05, 4.69) is 20.8 Å². The fourth-order valence-electron chi connectivity index (χ4n) is 3.27. The van der Waals surface area contributed by atoms with Crippen molar-refractivity contribution in [2.45, 2.75) is 64.8 Å². The van der Waals surface area contributed by atoms with Crippen molar-refractivity contribution in [2.24, 2.45) is 5.41 Å². The Morgan fingerprint density at radius 3 is 2.25 bits per heavy atom. The van der Waals surface area contributed by atoms with Crippen molar-refractivity contribution in [3.8, 4) is 0 Å². The molecule has 1 atom stereocenters. The van der Waals surface area contributed by atoms with Crippen LogP contribution in [0.2, 0.25) is 0 Å². The number of carbonyl (C=O) groups excluding carboxylic acids is 1. The molecule has 2 aliphatic rings. The van der Waals surface area contributed by atoms with E-state index >= 15 is 0 Å². The first-order chi connectivity index (χ1) is 9.21. The summed E-state index contributed by atoms with van der Waals surface area (Å²) in [7, 11) is 0. The lowest BCUT2D eigenvalue weighted by atomic mass is 9.81. The van der Waals surface area contributed by atoms with Crippen LogP contribution in [-0.4, -0.2) is 47.4 Å². The van der Waals surface area contributed by atoms with Gasteiger partial charge in [-0.05, 0) is 24.7 Å². The predicted molar refractivity (Wildman–Crippen MR) is 75.0 cm³/mol. The summed E-state index contributed by atoms with van der Waals surface area (Å²) in [6.45, 7) is 7.56. The highest BCUT2D eigenvalue weighted by Gasteiger charge is 2.40. The molecule has 0 bridgehead atoms. The van der Waals surface area contributed by atoms with Gasteiger partial charge in [0.2, 0.25) is 0 Å². The Hall–Kier alpha value is -0.870. The summed E-state index contributed by atoms with van der Waals surface area (Å²) < 4.78 is 26.4. The summed E-state index contributed by atoms with van der Waals surface area (Å²) in [4.78, 5) is 16.2. The lowest BCUT2D eigenvalue weighted by Crippen LogP contribution is -2.56. The van der Waals surface area contributed by atoms with Gasteiger partial charge in [-0.1, -0.05) is 20.8 Å². The van der Waals surface area contributed by atoms with Gasteiger partial charge in [0.05, 0.1) is 0 Å². The van der Waals surface area contributed by atoms with Crippen molar-refractivity contribution in [3.05, 3.63) is 0 Å². The van der Waals surface area contributed by atoms with Crippen molar-refractivity contribution >= 4 is 6.03 Å². The molecule has 2 saturated heterocycles. The van der Waals surface area contributed by atoms with E-state index < -0.39 is 5.92 Å². The maximum atomic E-state index is 13.2. The van der Waals surface area contributed by atoms with Gasteiger partial charge in [0.25, 0.3) is 5.92 Å². The number of alkyl halides is 2. The van der Waals surface area contributed by atoms with Crippen LogP contribution in [0.1, 0.15) is 52.9 Å². The minimum atomic E-state index is -2.60. The predicted octanol–water partition coefficient (Wildman–Crippen LogP) is 3.74. The summed E-state index contributed by atoms with van der Waals surface area (Å²) in [5.74, 6) is -2.60. The van der Waals surface area contributed by atoms with Crippen LogP contribution in [-0.2, 0) is 0 Å². The zero-order valence-electron chi connectivity index (χ0n) is 12.8. The van der Waals surface area contributed by atoms with Crippen molar-refractivity contribution in [3.63, 3.8) is 0 Å². The minimum absolute atomic E-state index is 0.0375. The zero-order valence-corrected chi connectivity index (χ0v) is 12.8. The first-order valence-electron chi connectivity index (χ1n) is 7.64. The molecule has 116 valence electrons. The third kappa shape index (κ3) is 3.41. The standard InChI is InChI=1S/C15H26F2N2O/c1-14(2,3)12-6-4-5-9-19(12)13(20)18-10-7-15(16,17)8-11-18/h12H,4-11H2,1-3H3. The Morgan fingerprint density at radius 2 is 1.70 bits per heavy atom. The average Bonchev–Trinajstić information content (AvgIpc) is 2.37. The second-order valence-corrected chi connectivity index (χ2v) is 7.20. The van der Waals surface area contributed by atoms with E-state index in [1.54, 1.807) is 4.90 Å². The molecule has 2 fully saturated rings. The molecular formula is C15H26F2N2O. The van der Waals surface area contributed by atoms with E-state index in [4.69, 9.17) is 0 Å². The Morgan fingerprint density at radius 1 is 1.10 bits per heavy atom. The Labute approximate surface area is 120 Å². The summed E-state index contributed by atoms with van der Waals surface area (Å²) in [5.41, 5.74) is 0.0375. The number of likely N-dealkylation sites (tertiary alicyclic amines) is 2. The number of hydrogen-bond donors (Lipinski definition) is 0. The van der Waals surface area contributed by atoms with Gasteiger partial charge in [-0.25, -0.2) is 13.6 Å². The summed E-state index contributed by atoms with van der Waals surface area (Å²) >= 11 is 0. The SMILES string of the molecule is CC(C)(C)C1CCCCN1C(=O)N1CCC(F)(F)CC1. The average molecular weight is 288 g/mol. The summed E-state index contributed by atoms with van der Waals surface area (Å²) in [6, 6.07) is 0.173. The molecule has 2 aliphatic heterocycles. The molecule has 0 saturated carbocycles. The van der Waals surface area contributed by atoms with Gasteiger partial charge in [0.15, 0.2) is 0 Å². The minimum Gasteiger partial charge on any atom is -0.324 e. The molecule has 0 spiro atoms. The molecule has 2 amide bonds. The van der Waals surface area contributed by atoms with Crippen LogP contribution < -0.4 is 0 Å². The van der Waals surface area contributed by atoms with Crippen molar-refractivity contribution in [2.75, 3.05) is 19.6 Å². The topological polar surface area (TPSA) is 23.6 Å². The number of piperidine rings is 2. The molecule has 0 aromatic rings. The van der Waals surface area contributed by atoms with Crippen molar-refractivity contribution < 1.29 is 13.6 Å². The first-order valence-corrected chi connectivity index (χ1v) is 7.64. The van der Waals surface area contributed by atoms with Crippen molar-refractivity contribution in [1.82, 2.24) is 9.80 Å². The maximum Gasteiger partial charge on any atom is 0.320 e. The third-order valence-corrected chi connectivity index (χ3v) is 4.51. The molecule has 3 nitrogen and oxygen atoms in total. The van der Waals surface area contributed by atoms with E-state index in [0.717, 1.165) is 25.8 Å². The molecule has 0 N–H and O–H groups in total. The van der Waals surface area contributed by atoms with Crippen LogP contribution in [0.5, 0.6) is 0 Å². The molecule has 0 aromatic heterocycles. The van der Waals surface area contributed by atoms with Crippen LogP contribution in [0.3, 0.4) is 0 Å². The number of rotatable bonds is 0. The third-order valence-electron chi connectivity index (χ3n) is 4.51. The van der Waals surface area contributed by atoms with Gasteiger partial charge in [0, 0.05) is 38.5 Å². The molecule has 0 radical (unpaired) electrons. The second kappa shape index (κ2) is 5.49. The van der Waals surface area contributed by atoms with E-state index in [-0.39, 0.29) is 43.4 Å². The summed E-state index contributed by atoms with van der Waals surface area (Å²) in [6.07, 6.45) is 2.77. The number of halogens is 2. The fraction of sp³-hybridized carbons (Fsp3) is 0.933.